The maximum Gasteiger partial charge on any atom is 0.284 e. The van der Waals surface area contributed by atoms with Crippen LogP contribution in [0.5, 0.6) is 0 Å². The van der Waals surface area contributed by atoms with E-state index in [4.69, 9.17) is 14.6 Å². The summed E-state index contributed by atoms with van der Waals surface area (Å²) in [6.45, 7) is 1.97. The number of anilines is 2. The van der Waals surface area contributed by atoms with Crippen LogP contribution in [-0.2, 0) is 19.1 Å². The number of ether oxygens (including phenoxy) is 2. The van der Waals surface area contributed by atoms with Gasteiger partial charge in [-0.2, -0.15) is 15.3 Å². The van der Waals surface area contributed by atoms with Gasteiger partial charge in [-0.3, -0.25) is 34.0 Å². The van der Waals surface area contributed by atoms with Gasteiger partial charge in [-0.25, -0.2) is 31.5 Å². The molecule has 3 aliphatic heterocycles. The van der Waals surface area contributed by atoms with Crippen LogP contribution in [-0.4, -0.2) is 128 Å². The van der Waals surface area contributed by atoms with E-state index in [1.54, 1.807) is 17.2 Å². The van der Waals surface area contributed by atoms with Crippen LogP contribution in [0.15, 0.2) is 42.9 Å². The summed E-state index contributed by atoms with van der Waals surface area (Å²) in [5.74, 6) is 5.08. The third kappa shape index (κ3) is 9.48. The highest BCUT2D eigenvalue weighted by Gasteiger charge is 2.37. The van der Waals surface area contributed by atoms with Crippen molar-refractivity contribution in [2.45, 2.75) is 107 Å². The number of alkyl halides is 5. The first-order chi connectivity index (χ1) is 32.5. The minimum absolute atomic E-state index is 0.0141. The Labute approximate surface area is 381 Å². The average Bonchev–Trinajstić information content (AvgIpc) is 3.74. The van der Waals surface area contributed by atoms with Crippen LogP contribution in [0.1, 0.15) is 110 Å². The van der Waals surface area contributed by atoms with Crippen molar-refractivity contribution in [1.82, 2.24) is 44.4 Å². The number of nitrogens with one attached hydrogen (secondary N) is 2. The highest BCUT2D eigenvalue weighted by atomic mass is 19.3. The summed E-state index contributed by atoms with van der Waals surface area (Å²) < 4.78 is 86.8. The standard InChI is InChI=1S/C46H50F5N11O5/c47-33-23-58(16-14-35(33)66-19-2-4-27-3-1-5-30-39(31-12-13-38(63)55-45(31)64)57-62(41(27)30)29-10-11-29)22-26-6-8-28(9-7-26)61-24-34(40(56-61)43(50)51)53-46(65)32-21-52-60-17-15-37(54-44(32)60)59-18-20-67-36(25-59)42(48)49/h1,3,5,15,17,21,24,26,28-29,31,33,35-36,42-43H,6-14,16,18-20,22-23,25H2,(H,53,65)(H,55,63,64)/t26?,28?,31?,33-,35+,36-/m1/s1. The number of likely N-dealkylation sites (tertiary alicyclic amines) is 1. The van der Waals surface area contributed by atoms with E-state index in [2.05, 4.69) is 42.6 Å². The predicted molar refractivity (Wildman–Crippen MR) is 233 cm³/mol. The summed E-state index contributed by atoms with van der Waals surface area (Å²) in [6, 6.07) is 7.38. The number of halogens is 5. The molecule has 1 unspecified atom stereocenters. The Morgan fingerprint density at radius 2 is 1.81 bits per heavy atom. The third-order valence-electron chi connectivity index (χ3n) is 13.6. The fourth-order valence-corrected chi connectivity index (χ4v) is 9.92. The number of hydrogen-bond donors (Lipinski definition) is 2. The number of imide groups is 1. The van der Waals surface area contributed by atoms with E-state index in [0.717, 1.165) is 42.1 Å². The lowest BCUT2D eigenvalue weighted by Crippen LogP contribution is -2.47. The van der Waals surface area contributed by atoms with Gasteiger partial charge in [0.05, 0.1) is 65.9 Å². The Balaban J connectivity index is 0.712. The van der Waals surface area contributed by atoms with E-state index in [1.165, 1.54) is 21.6 Å². The molecular weight excluding hydrogens is 882 g/mol. The normalized spacial score (nSPS) is 25.2. The Bertz CT molecular complexity index is 2720. The lowest BCUT2D eigenvalue weighted by atomic mass is 9.85. The van der Waals surface area contributed by atoms with Gasteiger partial charge in [-0.1, -0.05) is 24.0 Å². The summed E-state index contributed by atoms with van der Waals surface area (Å²) >= 11 is 0. The summed E-state index contributed by atoms with van der Waals surface area (Å²) in [5, 5.41) is 19.1. The smallest absolute Gasteiger partial charge is 0.284 e. The topological polar surface area (TPSA) is 166 Å². The van der Waals surface area contributed by atoms with E-state index >= 15 is 4.39 Å². The van der Waals surface area contributed by atoms with Crippen LogP contribution in [0.3, 0.4) is 0 Å². The lowest BCUT2D eigenvalue weighted by Gasteiger charge is -2.38. The molecule has 1 aromatic carbocycles. The van der Waals surface area contributed by atoms with Crippen LogP contribution >= 0.6 is 0 Å². The van der Waals surface area contributed by atoms with E-state index < -0.39 is 48.7 Å². The predicted octanol–water partition coefficient (Wildman–Crippen LogP) is 6.00. The molecule has 0 bridgehead atoms. The Morgan fingerprint density at radius 3 is 2.57 bits per heavy atom. The molecule has 5 aromatic rings. The third-order valence-corrected chi connectivity index (χ3v) is 13.6. The van der Waals surface area contributed by atoms with E-state index in [1.807, 2.05) is 22.9 Å². The second-order valence-corrected chi connectivity index (χ2v) is 18.1. The molecule has 4 aromatic heterocycles. The van der Waals surface area contributed by atoms with Crippen LogP contribution in [0, 0.1) is 17.8 Å². The number of carbonyl (C=O) groups excluding carboxylic acids is 3. The maximum absolute atomic E-state index is 15.6. The van der Waals surface area contributed by atoms with Gasteiger partial charge in [0, 0.05) is 50.4 Å². The zero-order valence-corrected chi connectivity index (χ0v) is 36.5. The molecular formula is C46H50F5N11O5. The van der Waals surface area contributed by atoms with Crippen molar-refractivity contribution in [3.05, 3.63) is 65.4 Å². The molecule has 3 amide bonds. The van der Waals surface area contributed by atoms with Gasteiger partial charge in [0.1, 0.15) is 30.3 Å². The number of morpholine rings is 1. The molecule has 2 saturated carbocycles. The molecule has 354 valence electrons. The lowest BCUT2D eigenvalue weighted by molar-refractivity contribution is -0.134. The van der Waals surface area contributed by atoms with Crippen LogP contribution in [0.4, 0.5) is 33.5 Å². The Hall–Kier alpha value is -5.98. The monoisotopic (exact) mass is 931 g/mol. The van der Waals surface area contributed by atoms with Gasteiger partial charge in [-0.05, 0) is 69.4 Å². The van der Waals surface area contributed by atoms with Crippen LogP contribution in [0.25, 0.3) is 16.6 Å². The first-order valence-electron chi connectivity index (χ1n) is 23.0. The molecule has 0 spiro atoms. The summed E-state index contributed by atoms with van der Waals surface area (Å²) in [5.41, 5.74) is 1.72. The van der Waals surface area contributed by atoms with E-state index in [-0.39, 0.29) is 79.4 Å². The number of nitrogens with zero attached hydrogens (tertiary/aromatic N) is 9. The summed E-state index contributed by atoms with van der Waals surface area (Å²) in [7, 11) is 0. The van der Waals surface area contributed by atoms with Gasteiger partial charge >= 0.3 is 0 Å². The molecule has 21 heteroatoms. The molecule has 67 heavy (non-hydrogen) atoms. The highest BCUT2D eigenvalue weighted by Crippen LogP contribution is 2.41. The van der Waals surface area contributed by atoms with E-state index in [0.29, 0.717) is 56.8 Å². The van der Waals surface area contributed by atoms with Gasteiger partial charge in [0.25, 0.3) is 18.8 Å². The highest BCUT2D eigenvalue weighted by molar-refractivity contribution is 6.08. The fraction of sp³-hybridized carbons (Fsp3) is 0.543. The second kappa shape index (κ2) is 19.0. The minimum atomic E-state index is -2.96. The van der Waals surface area contributed by atoms with Crippen molar-refractivity contribution in [3.8, 4) is 11.8 Å². The summed E-state index contributed by atoms with van der Waals surface area (Å²) in [4.78, 5) is 46.3. The Morgan fingerprint density at radius 1 is 0.985 bits per heavy atom. The number of carbonyl (C=O) groups is 3. The molecule has 5 fully saturated rings. The van der Waals surface area contributed by atoms with Crippen molar-refractivity contribution < 1.29 is 45.8 Å². The number of para-hydroxylation sites is 1. The van der Waals surface area contributed by atoms with Gasteiger partial charge in [0.15, 0.2) is 11.3 Å². The molecule has 0 radical (unpaired) electrons. The molecule has 3 saturated heterocycles. The molecule has 4 atom stereocenters. The van der Waals surface area contributed by atoms with Crippen molar-refractivity contribution in [2.75, 3.05) is 56.2 Å². The Kier molecular flexibility index (Phi) is 12.7. The quantitative estimate of drug-likeness (QED) is 0.0856. The average molecular weight is 932 g/mol. The fourth-order valence-electron chi connectivity index (χ4n) is 9.92. The molecule has 16 nitrogen and oxygen atoms in total. The number of amides is 3. The zero-order chi connectivity index (χ0) is 46.3. The molecule has 2 N–H and O–H groups in total. The van der Waals surface area contributed by atoms with Crippen molar-refractivity contribution in [2.24, 2.45) is 5.92 Å². The molecule has 7 heterocycles. The van der Waals surface area contributed by atoms with Crippen molar-refractivity contribution >= 4 is 45.8 Å². The van der Waals surface area contributed by atoms with Gasteiger partial charge in [0.2, 0.25) is 11.8 Å². The van der Waals surface area contributed by atoms with E-state index in [9.17, 15) is 31.9 Å². The van der Waals surface area contributed by atoms with Crippen LogP contribution in [0.2, 0.25) is 0 Å². The van der Waals surface area contributed by atoms with Gasteiger partial charge in [-0.15, -0.1) is 0 Å². The number of hydrogen-bond acceptors (Lipinski definition) is 11. The first-order valence-corrected chi connectivity index (χ1v) is 23.0. The first kappa shape index (κ1) is 44.8. The number of rotatable bonds is 12. The zero-order valence-electron chi connectivity index (χ0n) is 36.5. The molecule has 2 aliphatic carbocycles. The number of benzene rings is 1. The van der Waals surface area contributed by atoms with Crippen LogP contribution < -0.4 is 15.5 Å². The van der Waals surface area contributed by atoms with Crippen molar-refractivity contribution in [1.29, 1.82) is 0 Å². The molecule has 10 rings (SSSR count). The number of piperidine rings is 2. The SMILES string of the molecule is O=C1CCC(c2nn(C3CC3)c3c(C#CCO[C@H]4CCN(CC5CCC(n6cc(NC(=O)c7cnn8ccc(N9CCO[C@@H](C(F)F)C9)nc78)c(C(F)F)n6)CC5)C[C@H]4F)cccc23)C(=O)N1. The van der Waals surface area contributed by atoms with Gasteiger partial charge < -0.3 is 19.7 Å². The minimum Gasteiger partial charge on any atom is -0.369 e. The summed E-state index contributed by atoms with van der Waals surface area (Å²) in [6.07, 6.45) is 1.61. The number of fused-ring (bicyclic) bond motifs is 2. The number of aromatic nitrogens is 7. The maximum atomic E-state index is 15.6. The molecule has 5 aliphatic rings. The van der Waals surface area contributed by atoms with Crippen molar-refractivity contribution in [3.63, 3.8) is 0 Å². The second-order valence-electron chi connectivity index (χ2n) is 18.1. The largest absolute Gasteiger partial charge is 0.369 e.